The van der Waals surface area contributed by atoms with E-state index in [0.29, 0.717) is 40.5 Å². The summed E-state index contributed by atoms with van der Waals surface area (Å²) in [5.41, 5.74) is 1.01. The van der Waals surface area contributed by atoms with Crippen molar-refractivity contribution in [2.45, 2.75) is 38.4 Å². The van der Waals surface area contributed by atoms with E-state index in [2.05, 4.69) is 25.1 Å². The topological polar surface area (TPSA) is 74.5 Å². The minimum Gasteiger partial charge on any atom is -0.507 e. The van der Waals surface area contributed by atoms with Crippen LogP contribution in [0.4, 0.5) is 14.6 Å². The van der Waals surface area contributed by atoms with E-state index in [-0.39, 0.29) is 11.8 Å². The Hall–Kier alpha value is -2.94. The monoisotopic (exact) mass is 455 g/mol. The number of aliphatic imine (C=N–C) groups is 1. The molecule has 0 spiro atoms. The fourth-order valence-electron chi connectivity index (χ4n) is 4.08. The first-order valence-corrected chi connectivity index (χ1v) is 11.5. The van der Waals surface area contributed by atoms with Gasteiger partial charge in [-0.15, -0.1) is 21.5 Å². The lowest BCUT2D eigenvalue weighted by Crippen LogP contribution is -2.29. The zero-order valence-electron chi connectivity index (χ0n) is 17.6. The summed E-state index contributed by atoms with van der Waals surface area (Å²) in [6.45, 7) is 3.47. The van der Waals surface area contributed by atoms with Crippen molar-refractivity contribution >= 4 is 23.4 Å². The molecule has 0 amide bonds. The second-order valence-electron chi connectivity index (χ2n) is 8.38. The zero-order valence-corrected chi connectivity index (χ0v) is 18.4. The summed E-state index contributed by atoms with van der Waals surface area (Å²) in [6.07, 6.45) is 4.92. The van der Waals surface area contributed by atoms with E-state index < -0.39 is 12.0 Å². The van der Waals surface area contributed by atoms with Gasteiger partial charge in [0.2, 0.25) is 0 Å². The number of phenols is 1. The number of phenolic OH excluding ortho intramolecular Hbond substituents is 1. The highest BCUT2D eigenvalue weighted by Crippen LogP contribution is 2.37. The second kappa shape index (κ2) is 8.54. The number of benzene rings is 1. The van der Waals surface area contributed by atoms with Crippen LogP contribution in [0.15, 0.2) is 35.5 Å². The molecule has 3 heterocycles. The summed E-state index contributed by atoms with van der Waals surface area (Å²) in [6, 6.07) is 6.40. The summed E-state index contributed by atoms with van der Waals surface area (Å²) in [7, 11) is 0. The number of aryl methyl sites for hydroxylation is 1. The van der Waals surface area contributed by atoms with Crippen molar-refractivity contribution in [1.29, 1.82) is 0 Å². The minimum atomic E-state index is -0.688. The molecule has 9 heteroatoms. The molecule has 2 aromatic heterocycles. The first-order chi connectivity index (χ1) is 15.5. The first kappa shape index (κ1) is 20.9. The number of halogens is 2. The van der Waals surface area contributed by atoms with Gasteiger partial charge >= 0.3 is 0 Å². The van der Waals surface area contributed by atoms with E-state index in [1.54, 1.807) is 12.3 Å². The molecule has 166 valence electrons. The molecule has 32 heavy (non-hydrogen) atoms. The van der Waals surface area contributed by atoms with Crippen molar-refractivity contribution in [3.05, 3.63) is 41.3 Å². The summed E-state index contributed by atoms with van der Waals surface area (Å²) >= 11 is 1.37. The molecule has 2 fully saturated rings. The van der Waals surface area contributed by atoms with Crippen molar-refractivity contribution in [2.75, 3.05) is 18.0 Å². The van der Waals surface area contributed by atoms with Gasteiger partial charge in [0.25, 0.3) is 0 Å². The molecule has 1 aliphatic carbocycles. The number of aromatic nitrogens is 3. The number of aromatic hydroxyl groups is 1. The molecule has 1 saturated heterocycles. The lowest BCUT2D eigenvalue weighted by molar-refractivity contribution is 0.183. The lowest BCUT2D eigenvalue weighted by atomic mass is 9.91. The van der Waals surface area contributed by atoms with E-state index >= 15 is 0 Å². The van der Waals surface area contributed by atoms with Gasteiger partial charge in [-0.2, -0.15) is 0 Å². The number of alkyl halides is 1. The predicted octanol–water partition coefficient (Wildman–Crippen LogP) is 4.82. The minimum absolute atomic E-state index is 0.0570. The Morgan fingerprint density at radius 1 is 1.22 bits per heavy atom. The van der Waals surface area contributed by atoms with Crippen LogP contribution in [0.25, 0.3) is 21.7 Å². The Morgan fingerprint density at radius 2 is 2.06 bits per heavy atom. The summed E-state index contributed by atoms with van der Waals surface area (Å²) in [5.74, 6) is 0.544. The molecular weight excluding hydrogens is 432 g/mol. The van der Waals surface area contributed by atoms with Crippen molar-refractivity contribution < 1.29 is 13.9 Å². The summed E-state index contributed by atoms with van der Waals surface area (Å²) in [4.78, 5) is 11.4. The highest BCUT2D eigenvalue weighted by atomic mass is 32.1. The van der Waals surface area contributed by atoms with Crippen LogP contribution >= 0.6 is 11.3 Å². The number of rotatable bonds is 5. The normalized spacial score (nSPS) is 23.1. The van der Waals surface area contributed by atoms with Gasteiger partial charge in [-0.1, -0.05) is 0 Å². The van der Waals surface area contributed by atoms with Crippen LogP contribution in [0.1, 0.15) is 24.3 Å². The molecule has 0 bridgehead atoms. The van der Waals surface area contributed by atoms with E-state index in [1.807, 2.05) is 19.2 Å². The number of hydrogen-bond donors (Lipinski definition) is 1. The van der Waals surface area contributed by atoms with Gasteiger partial charge < -0.3 is 10.0 Å². The van der Waals surface area contributed by atoms with E-state index in [9.17, 15) is 13.9 Å². The molecule has 3 aromatic rings. The van der Waals surface area contributed by atoms with E-state index in [4.69, 9.17) is 0 Å². The number of thiazole rings is 1. The van der Waals surface area contributed by atoms with Crippen molar-refractivity contribution in [2.24, 2.45) is 10.9 Å². The van der Waals surface area contributed by atoms with Crippen LogP contribution in [0.2, 0.25) is 0 Å². The third-order valence-electron chi connectivity index (χ3n) is 6.01. The zero-order chi connectivity index (χ0) is 22.2. The van der Waals surface area contributed by atoms with Gasteiger partial charge in [-0.05, 0) is 37.6 Å². The quantitative estimate of drug-likeness (QED) is 0.559. The van der Waals surface area contributed by atoms with Gasteiger partial charge in [0.1, 0.15) is 17.7 Å². The van der Waals surface area contributed by atoms with Gasteiger partial charge in [-0.3, -0.25) is 4.99 Å². The molecule has 5 rings (SSSR count). The van der Waals surface area contributed by atoms with Crippen LogP contribution in [-0.2, 0) is 0 Å². The molecule has 2 aliphatic rings. The van der Waals surface area contributed by atoms with Gasteiger partial charge in [0.15, 0.2) is 5.82 Å². The number of nitrogens with zero attached hydrogens (tertiary/aromatic N) is 5. The SMILES string of the molecule is Cc1ncc(-c2cc(O)c(-c3ccc(N4CCC(C=NC5CC(F)C5)C4)nn3)cc2F)s1. The van der Waals surface area contributed by atoms with Crippen LogP contribution in [0.3, 0.4) is 0 Å². The average molecular weight is 456 g/mol. The largest absolute Gasteiger partial charge is 0.507 e. The maximum Gasteiger partial charge on any atom is 0.151 e. The van der Waals surface area contributed by atoms with Crippen molar-refractivity contribution in [1.82, 2.24) is 15.2 Å². The Kier molecular flexibility index (Phi) is 5.58. The van der Waals surface area contributed by atoms with Gasteiger partial charge in [-0.25, -0.2) is 13.8 Å². The van der Waals surface area contributed by atoms with Crippen LogP contribution in [-0.4, -0.2) is 51.8 Å². The molecule has 1 unspecified atom stereocenters. The Labute approximate surface area is 188 Å². The molecule has 1 aromatic carbocycles. The third kappa shape index (κ3) is 4.21. The molecule has 1 atom stereocenters. The van der Waals surface area contributed by atoms with E-state index in [1.165, 1.54) is 23.5 Å². The highest BCUT2D eigenvalue weighted by Gasteiger charge is 2.29. The molecule has 1 saturated carbocycles. The lowest BCUT2D eigenvalue weighted by Gasteiger charge is -2.26. The summed E-state index contributed by atoms with van der Waals surface area (Å²) < 4.78 is 27.7. The van der Waals surface area contributed by atoms with Crippen LogP contribution in [0, 0.1) is 18.7 Å². The molecule has 1 aliphatic heterocycles. The fourth-order valence-corrected chi connectivity index (χ4v) is 4.88. The van der Waals surface area contributed by atoms with Gasteiger partial charge in [0, 0.05) is 55.4 Å². The second-order valence-corrected chi connectivity index (χ2v) is 9.62. The fraction of sp³-hybridized carbons (Fsp3) is 0.391. The Morgan fingerprint density at radius 3 is 2.75 bits per heavy atom. The standard InChI is InChI=1S/C23H23F2N5OS/c1-13-26-11-22(32-13)17-9-21(31)18(8-19(17)25)20-2-3-23(29-28-20)30-5-4-14(12-30)10-27-16-6-15(24)7-16/h2-3,8-11,14-16,31H,4-7,12H2,1H3. The Bertz CT molecular complexity index is 1140. The van der Waals surface area contributed by atoms with Gasteiger partial charge in [0.05, 0.1) is 21.6 Å². The Balaban J connectivity index is 1.28. The predicted molar refractivity (Wildman–Crippen MR) is 122 cm³/mol. The van der Waals surface area contributed by atoms with Crippen LogP contribution < -0.4 is 4.90 Å². The molecule has 6 nitrogen and oxygen atoms in total. The molecule has 0 radical (unpaired) electrons. The maximum atomic E-state index is 14.7. The van der Waals surface area contributed by atoms with Crippen molar-refractivity contribution in [3.63, 3.8) is 0 Å². The molecular formula is C23H23F2N5OS. The van der Waals surface area contributed by atoms with Crippen molar-refractivity contribution in [3.8, 4) is 27.4 Å². The first-order valence-electron chi connectivity index (χ1n) is 10.7. The maximum absolute atomic E-state index is 14.7. The third-order valence-corrected chi connectivity index (χ3v) is 6.96. The highest BCUT2D eigenvalue weighted by molar-refractivity contribution is 7.15. The molecule has 1 N–H and O–H groups in total. The van der Waals surface area contributed by atoms with E-state index in [0.717, 1.165) is 30.3 Å². The average Bonchev–Trinajstić information content (AvgIpc) is 3.41. The number of anilines is 1. The number of hydrogen-bond acceptors (Lipinski definition) is 7. The van der Waals surface area contributed by atoms with Crippen LogP contribution in [0.5, 0.6) is 5.75 Å². The summed E-state index contributed by atoms with van der Waals surface area (Å²) in [5, 5.41) is 19.9. The smallest absolute Gasteiger partial charge is 0.151 e.